The van der Waals surface area contributed by atoms with Crippen molar-refractivity contribution in [1.82, 2.24) is 4.98 Å². The second kappa shape index (κ2) is 5.84. The molecule has 3 aromatic rings. The van der Waals surface area contributed by atoms with E-state index in [0.717, 1.165) is 16.5 Å². The summed E-state index contributed by atoms with van der Waals surface area (Å²) < 4.78 is 12.5. The predicted octanol–water partition coefficient (Wildman–Crippen LogP) is 3.78. The summed E-state index contributed by atoms with van der Waals surface area (Å²) in [5.74, 6) is 0.374. The third-order valence-electron chi connectivity index (χ3n) is 3.19. The molecule has 5 heteroatoms. The lowest BCUT2D eigenvalue weighted by molar-refractivity contribution is 0.683. The smallest absolute Gasteiger partial charge is 0.0806 e. The molecule has 1 aromatic heterocycles. The highest BCUT2D eigenvalue weighted by atomic mass is 35.5. The highest BCUT2D eigenvalue weighted by Crippen LogP contribution is 2.27. The van der Waals surface area contributed by atoms with Crippen LogP contribution in [-0.2, 0) is 16.6 Å². The maximum atomic E-state index is 12.5. The molecule has 106 valence electrons. The number of fused-ring (bicyclic) bond motifs is 1. The van der Waals surface area contributed by atoms with Crippen LogP contribution in [0.15, 0.2) is 59.6 Å². The first-order valence-electron chi connectivity index (χ1n) is 6.41. The van der Waals surface area contributed by atoms with Gasteiger partial charge >= 0.3 is 0 Å². The largest absolute Gasteiger partial charge is 0.398 e. The third kappa shape index (κ3) is 2.91. The Labute approximate surface area is 130 Å². The molecule has 0 aliphatic rings. The number of halogens is 1. The molecule has 0 aliphatic heterocycles. The number of hydrogen-bond acceptors (Lipinski definition) is 3. The topological polar surface area (TPSA) is 56.0 Å². The number of aromatic nitrogens is 1. The number of nitrogens with two attached hydrogens (primary N) is 1. The molecule has 0 spiro atoms. The molecule has 0 radical (unpaired) electrons. The van der Waals surface area contributed by atoms with Gasteiger partial charge in [0, 0.05) is 17.3 Å². The van der Waals surface area contributed by atoms with Crippen LogP contribution in [-0.4, -0.2) is 9.19 Å². The Hall–Kier alpha value is -1.91. The van der Waals surface area contributed by atoms with Gasteiger partial charge in [0.05, 0.1) is 32.0 Å². The Balaban J connectivity index is 1.93. The normalized spacial score (nSPS) is 12.4. The Morgan fingerprint density at radius 1 is 1.14 bits per heavy atom. The molecule has 0 amide bonds. The Morgan fingerprint density at radius 3 is 2.81 bits per heavy atom. The summed E-state index contributed by atoms with van der Waals surface area (Å²) in [7, 11) is -1.28. The second-order valence-corrected chi connectivity index (χ2v) is 6.47. The first-order valence-corrected chi connectivity index (χ1v) is 8.11. The Kier molecular flexibility index (Phi) is 3.90. The SMILES string of the molecule is Nc1cccc(Cl)c1S(=O)Cc1ccc2ncccc2c1. The lowest BCUT2D eigenvalue weighted by atomic mass is 10.1. The maximum Gasteiger partial charge on any atom is 0.0806 e. The van der Waals surface area contributed by atoms with Crippen molar-refractivity contribution in [2.24, 2.45) is 0 Å². The van der Waals surface area contributed by atoms with Crippen LogP contribution in [0.25, 0.3) is 10.9 Å². The maximum absolute atomic E-state index is 12.5. The van der Waals surface area contributed by atoms with Gasteiger partial charge in [-0.2, -0.15) is 0 Å². The number of anilines is 1. The first kappa shape index (κ1) is 14.0. The zero-order valence-electron chi connectivity index (χ0n) is 11.1. The van der Waals surface area contributed by atoms with Gasteiger partial charge in [0.1, 0.15) is 0 Å². The van der Waals surface area contributed by atoms with Gasteiger partial charge in [-0.25, -0.2) is 0 Å². The van der Waals surface area contributed by atoms with E-state index in [4.69, 9.17) is 17.3 Å². The fourth-order valence-corrected chi connectivity index (χ4v) is 3.89. The van der Waals surface area contributed by atoms with Gasteiger partial charge < -0.3 is 5.73 Å². The fraction of sp³-hybridized carbons (Fsp3) is 0.0625. The van der Waals surface area contributed by atoms with E-state index in [1.54, 1.807) is 24.4 Å². The van der Waals surface area contributed by atoms with Gasteiger partial charge in [0.15, 0.2) is 0 Å². The zero-order chi connectivity index (χ0) is 14.8. The van der Waals surface area contributed by atoms with Crippen LogP contribution < -0.4 is 5.73 Å². The van der Waals surface area contributed by atoms with Crippen molar-refractivity contribution in [1.29, 1.82) is 0 Å². The van der Waals surface area contributed by atoms with Crippen LogP contribution in [0.5, 0.6) is 0 Å². The van der Waals surface area contributed by atoms with Crippen LogP contribution in [0.2, 0.25) is 5.02 Å². The number of nitrogen functional groups attached to an aromatic ring is 1. The van der Waals surface area contributed by atoms with Crippen molar-refractivity contribution < 1.29 is 4.21 Å². The number of nitrogens with zero attached hydrogens (tertiary/aromatic N) is 1. The van der Waals surface area contributed by atoms with Crippen LogP contribution in [0.4, 0.5) is 5.69 Å². The van der Waals surface area contributed by atoms with E-state index in [-0.39, 0.29) is 0 Å². The molecular formula is C16H13ClN2OS. The number of pyridine rings is 1. The molecule has 3 nitrogen and oxygen atoms in total. The Bertz CT molecular complexity index is 815. The first-order chi connectivity index (χ1) is 10.1. The second-order valence-electron chi connectivity index (χ2n) is 4.68. The van der Waals surface area contributed by atoms with Gasteiger partial charge in [-0.3, -0.25) is 9.19 Å². The molecule has 3 rings (SSSR count). The molecule has 1 heterocycles. The molecule has 0 aliphatic carbocycles. The standard InChI is InChI=1S/C16H13ClN2OS/c17-13-4-1-5-14(18)16(13)21(20)10-11-6-7-15-12(9-11)3-2-8-19-15/h1-9H,10,18H2. The minimum Gasteiger partial charge on any atom is -0.398 e. The van der Waals surface area contributed by atoms with Crippen molar-refractivity contribution in [2.75, 3.05) is 5.73 Å². The quantitative estimate of drug-likeness (QED) is 0.748. The van der Waals surface area contributed by atoms with E-state index >= 15 is 0 Å². The summed E-state index contributed by atoms with van der Waals surface area (Å²) in [5.41, 5.74) is 8.23. The minimum atomic E-state index is -1.28. The van der Waals surface area contributed by atoms with Crippen LogP contribution in [0.3, 0.4) is 0 Å². The van der Waals surface area contributed by atoms with E-state index in [1.165, 1.54) is 0 Å². The lowest BCUT2D eigenvalue weighted by Crippen LogP contribution is -2.02. The summed E-state index contributed by atoms with van der Waals surface area (Å²) in [5, 5.41) is 1.47. The van der Waals surface area contributed by atoms with Crippen molar-refractivity contribution >= 4 is 39.0 Å². The van der Waals surface area contributed by atoms with Crippen molar-refractivity contribution in [3.8, 4) is 0 Å². The van der Waals surface area contributed by atoms with Gasteiger partial charge in [-0.15, -0.1) is 0 Å². The third-order valence-corrected chi connectivity index (χ3v) is 5.12. The van der Waals surface area contributed by atoms with Gasteiger partial charge in [0.2, 0.25) is 0 Å². The minimum absolute atomic E-state index is 0.374. The van der Waals surface area contributed by atoms with E-state index in [9.17, 15) is 4.21 Å². The van der Waals surface area contributed by atoms with E-state index in [0.29, 0.717) is 21.4 Å². The average molecular weight is 317 g/mol. The highest BCUT2D eigenvalue weighted by molar-refractivity contribution is 7.84. The van der Waals surface area contributed by atoms with Crippen LogP contribution >= 0.6 is 11.6 Å². The van der Waals surface area contributed by atoms with Crippen LogP contribution in [0.1, 0.15) is 5.56 Å². The van der Waals surface area contributed by atoms with Crippen molar-refractivity contribution in [3.05, 3.63) is 65.3 Å². The van der Waals surface area contributed by atoms with Crippen molar-refractivity contribution in [3.63, 3.8) is 0 Å². The van der Waals surface area contributed by atoms with E-state index < -0.39 is 10.8 Å². The molecule has 0 bridgehead atoms. The summed E-state index contributed by atoms with van der Waals surface area (Å²) in [6.45, 7) is 0. The summed E-state index contributed by atoms with van der Waals surface area (Å²) in [6, 6.07) is 14.9. The molecule has 1 atom stereocenters. The number of benzene rings is 2. The van der Waals surface area contributed by atoms with E-state index in [1.807, 2.05) is 30.3 Å². The van der Waals surface area contributed by atoms with Gasteiger partial charge in [-0.05, 0) is 35.9 Å². The predicted molar refractivity (Wildman–Crippen MR) is 87.7 cm³/mol. The average Bonchev–Trinajstić information content (AvgIpc) is 2.47. The summed E-state index contributed by atoms with van der Waals surface area (Å²) >= 11 is 6.10. The fourth-order valence-electron chi connectivity index (χ4n) is 2.20. The molecule has 21 heavy (non-hydrogen) atoms. The number of rotatable bonds is 3. The lowest BCUT2D eigenvalue weighted by Gasteiger charge is -2.08. The monoisotopic (exact) mass is 316 g/mol. The molecule has 0 fully saturated rings. The van der Waals surface area contributed by atoms with Crippen molar-refractivity contribution in [2.45, 2.75) is 10.6 Å². The summed E-state index contributed by atoms with van der Waals surface area (Å²) in [4.78, 5) is 4.78. The van der Waals surface area contributed by atoms with Gasteiger partial charge in [0.25, 0.3) is 0 Å². The summed E-state index contributed by atoms with van der Waals surface area (Å²) in [6.07, 6.45) is 1.75. The Morgan fingerprint density at radius 2 is 2.00 bits per heavy atom. The zero-order valence-corrected chi connectivity index (χ0v) is 12.7. The molecule has 2 aromatic carbocycles. The van der Waals surface area contributed by atoms with Gasteiger partial charge in [-0.1, -0.05) is 29.8 Å². The molecule has 0 saturated carbocycles. The molecular weight excluding hydrogens is 304 g/mol. The molecule has 0 saturated heterocycles. The van der Waals surface area contributed by atoms with Crippen LogP contribution in [0, 0.1) is 0 Å². The highest BCUT2D eigenvalue weighted by Gasteiger charge is 2.13. The molecule has 1 unspecified atom stereocenters. The van der Waals surface area contributed by atoms with E-state index in [2.05, 4.69) is 4.98 Å². The number of hydrogen-bond donors (Lipinski definition) is 1. The molecule has 2 N–H and O–H groups in total.